The summed E-state index contributed by atoms with van der Waals surface area (Å²) >= 11 is 0. The Hall–Kier alpha value is 0.0249. The quantitative estimate of drug-likeness (QED) is 0.696. The molecule has 1 radical (unpaired) electrons. The van der Waals surface area contributed by atoms with Crippen LogP contribution >= 0.6 is 0 Å². The highest BCUT2D eigenvalue weighted by atomic mass is 16.2. The largest absolute Gasteiger partial charge is 0.397 e. The maximum absolute atomic E-state index is 7.57. The molecule has 0 aromatic carbocycles. The highest BCUT2D eigenvalue weighted by Crippen LogP contribution is 2.36. The average Bonchev–Trinajstić information content (AvgIpc) is 2.33. The van der Waals surface area contributed by atoms with Crippen molar-refractivity contribution in [1.82, 2.24) is 0 Å². The monoisotopic (exact) mass is 223 g/mol. The second-order valence-corrected chi connectivity index (χ2v) is 5.30. The van der Waals surface area contributed by atoms with Gasteiger partial charge in [0.1, 0.15) is 7.28 Å². The molecule has 0 aliphatic heterocycles. The normalized spacial score (nSPS) is 23.4. The lowest BCUT2D eigenvalue weighted by Gasteiger charge is -2.27. The first-order valence-corrected chi connectivity index (χ1v) is 7.32. The van der Waals surface area contributed by atoms with Gasteiger partial charge >= 0.3 is 0 Å². The first-order valence-electron chi connectivity index (χ1n) is 7.32. The van der Waals surface area contributed by atoms with Gasteiger partial charge in [0.05, 0.1) is 0 Å². The molecule has 2 aliphatic rings. The van der Waals surface area contributed by atoms with Crippen LogP contribution in [0.15, 0.2) is 0 Å². The molecule has 1 N–H and O–H groups in total. The Balaban J connectivity index is 0.000000386. The Morgan fingerprint density at radius 1 is 0.812 bits per heavy atom. The van der Waals surface area contributed by atoms with Gasteiger partial charge in [-0.2, -0.15) is 0 Å². The first-order chi connectivity index (χ1) is 7.86. The zero-order valence-electron chi connectivity index (χ0n) is 11.0. The zero-order valence-corrected chi connectivity index (χ0v) is 11.0. The first kappa shape index (κ1) is 14.1. The lowest BCUT2D eigenvalue weighted by atomic mass is 9.48. The molecule has 0 heterocycles. The Morgan fingerprint density at radius 2 is 1.12 bits per heavy atom. The minimum absolute atomic E-state index is 0.250. The van der Waals surface area contributed by atoms with Crippen molar-refractivity contribution in [3.8, 4) is 0 Å². The Labute approximate surface area is 102 Å². The molecule has 0 aromatic rings. The zero-order chi connectivity index (χ0) is 11.6. The van der Waals surface area contributed by atoms with Crippen LogP contribution in [0.1, 0.15) is 71.1 Å². The van der Waals surface area contributed by atoms with Crippen LogP contribution in [0.25, 0.3) is 0 Å². The number of hydrogen-bond acceptors (Lipinski definition) is 1. The van der Waals surface area contributed by atoms with Crippen molar-refractivity contribution < 1.29 is 5.11 Å². The molecule has 0 unspecified atom stereocenters. The number of hydrogen-bond donors (Lipinski definition) is 1. The van der Waals surface area contributed by atoms with Crippen LogP contribution in [0.4, 0.5) is 0 Å². The van der Waals surface area contributed by atoms with Gasteiger partial charge in [-0.3, -0.25) is 0 Å². The summed E-state index contributed by atoms with van der Waals surface area (Å²) < 4.78 is 0. The summed E-state index contributed by atoms with van der Waals surface area (Å²) in [6.45, 7) is 1.93. The summed E-state index contributed by atoms with van der Waals surface area (Å²) in [7, 11) is 2.72. The Bertz CT molecular complexity index is 133. The molecule has 0 spiro atoms. The molecule has 2 fully saturated rings. The third kappa shape index (κ3) is 5.93. The average molecular weight is 223 g/mol. The van der Waals surface area contributed by atoms with Gasteiger partial charge in [0.2, 0.25) is 0 Å². The highest BCUT2D eigenvalue weighted by molar-refractivity contribution is 6.39. The predicted octanol–water partition coefficient (Wildman–Crippen LogP) is 4.19. The molecule has 2 aliphatic carbocycles. The second kappa shape index (κ2) is 9.10. The van der Waals surface area contributed by atoms with E-state index in [0.717, 1.165) is 11.6 Å². The molecular formula is C14H28BO. The second-order valence-electron chi connectivity index (χ2n) is 5.30. The van der Waals surface area contributed by atoms with Gasteiger partial charge in [-0.1, -0.05) is 75.8 Å². The summed E-state index contributed by atoms with van der Waals surface area (Å²) in [5, 5.41) is 7.57. The maximum atomic E-state index is 7.57. The van der Waals surface area contributed by atoms with Crippen LogP contribution in [0.2, 0.25) is 11.6 Å². The third-order valence-corrected chi connectivity index (χ3v) is 3.84. The molecule has 1 nitrogen and oxygen atoms in total. The molecule has 16 heavy (non-hydrogen) atoms. The molecule has 2 heteroatoms. The topological polar surface area (TPSA) is 20.2 Å². The summed E-state index contributed by atoms with van der Waals surface area (Å²) in [6.07, 6.45) is 15.0. The highest BCUT2D eigenvalue weighted by Gasteiger charge is 2.21. The van der Waals surface area contributed by atoms with E-state index in [4.69, 9.17) is 5.11 Å². The van der Waals surface area contributed by atoms with E-state index >= 15 is 0 Å². The van der Waals surface area contributed by atoms with Crippen molar-refractivity contribution in [2.75, 3.05) is 6.61 Å². The van der Waals surface area contributed by atoms with Gasteiger partial charge in [-0.15, -0.1) is 0 Å². The van der Waals surface area contributed by atoms with Gasteiger partial charge in [0.15, 0.2) is 0 Å². The van der Waals surface area contributed by atoms with Gasteiger partial charge in [-0.25, -0.2) is 0 Å². The van der Waals surface area contributed by atoms with Crippen LogP contribution in [-0.2, 0) is 0 Å². The van der Waals surface area contributed by atoms with E-state index in [9.17, 15) is 0 Å². The van der Waals surface area contributed by atoms with E-state index in [1.165, 1.54) is 64.2 Å². The molecule has 0 aromatic heterocycles. The van der Waals surface area contributed by atoms with E-state index in [0.29, 0.717) is 0 Å². The summed E-state index contributed by atoms with van der Waals surface area (Å²) in [4.78, 5) is 0. The van der Waals surface area contributed by atoms with Crippen LogP contribution < -0.4 is 0 Å². The van der Waals surface area contributed by atoms with Gasteiger partial charge in [-0.05, 0) is 6.92 Å². The molecule has 93 valence electrons. The van der Waals surface area contributed by atoms with Crippen molar-refractivity contribution in [1.29, 1.82) is 0 Å². The summed E-state index contributed by atoms with van der Waals surface area (Å²) in [5.74, 6) is 1.99. The van der Waals surface area contributed by atoms with E-state index < -0.39 is 0 Å². The fourth-order valence-corrected chi connectivity index (χ4v) is 3.04. The van der Waals surface area contributed by atoms with Crippen molar-refractivity contribution in [2.45, 2.75) is 82.8 Å². The molecule has 2 saturated carbocycles. The van der Waals surface area contributed by atoms with Gasteiger partial charge in [0.25, 0.3) is 0 Å². The minimum Gasteiger partial charge on any atom is -0.397 e. The summed E-state index contributed by atoms with van der Waals surface area (Å²) in [6, 6.07) is 0. The molecule has 2 rings (SSSR count). The van der Waals surface area contributed by atoms with Gasteiger partial charge < -0.3 is 5.11 Å². The standard InChI is InChI=1S/C12H22B.C2H6O/c1-3-7-11(8-4-1)13-12-9-5-2-6-10-12;1-2-3/h11-12H,1-10H2;3H,2H2,1H3. The van der Waals surface area contributed by atoms with Crippen molar-refractivity contribution in [3.63, 3.8) is 0 Å². The molecule has 0 amide bonds. The van der Waals surface area contributed by atoms with Crippen LogP contribution in [0, 0.1) is 0 Å². The third-order valence-electron chi connectivity index (χ3n) is 3.84. The Kier molecular flexibility index (Phi) is 8.01. The lowest BCUT2D eigenvalue weighted by Crippen LogP contribution is -2.16. The SMILES string of the molecule is CCO.[B](C1CCCCC1)C1CCCCC1. The smallest absolute Gasteiger partial charge is 0.117 e. The number of aliphatic hydroxyl groups is 1. The lowest BCUT2D eigenvalue weighted by molar-refractivity contribution is 0.318. The summed E-state index contributed by atoms with van der Waals surface area (Å²) in [5.41, 5.74) is 0. The maximum Gasteiger partial charge on any atom is 0.117 e. The predicted molar refractivity (Wildman–Crippen MR) is 72.2 cm³/mol. The van der Waals surface area contributed by atoms with Crippen molar-refractivity contribution in [2.24, 2.45) is 0 Å². The van der Waals surface area contributed by atoms with E-state index in [1.54, 1.807) is 6.92 Å². The van der Waals surface area contributed by atoms with Crippen molar-refractivity contribution >= 4 is 7.28 Å². The van der Waals surface area contributed by atoms with Crippen LogP contribution in [-0.4, -0.2) is 19.0 Å². The van der Waals surface area contributed by atoms with E-state index in [1.807, 2.05) is 0 Å². The van der Waals surface area contributed by atoms with Crippen LogP contribution in [0.3, 0.4) is 0 Å². The van der Waals surface area contributed by atoms with Gasteiger partial charge in [0, 0.05) is 6.61 Å². The van der Waals surface area contributed by atoms with E-state index in [-0.39, 0.29) is 6.61 Å². The molecule has 0 atom stereocenters. The Morgan fingerprint density at radius 3 is 1.44 bits per heavy atom. The number of aliphatic hydroxyl groups excluding tert-OH is 1. The van der Waals surface area contributed by atoms with Crippen molar-refractivity contribution in [3.05, 3.63) is 0 Å². The van der Waals surface area contributed by atoms with E-state index in [2.05, 4.69) is 7.28 Å². The number of rotatable bonds is 2. The molecule has 0 saturated heterocycles. The molecular weight excluding hydrogens is 195 g/mol. The fraction of sp³-hybridized carbons (Fsp3) is 1.00. The van der Waals surface area contributed by atoms with Crippen LogP contribution in [0.5, 0.6) is 0 Å². The minimum atomic E-state index is 0.250. The fourth-order valence-electron chi connectivity index (χ4n) is 3.04. The molecule has 0 bridgehead atoms.